The monoisotopic (exact) mass is 516 g/mol. The number of Topliss-reactive ketones (excluding diaryl/α,β-unsaturated/α-hetero) is 1. The van der Waals surface area contributed by atoms with Gasteiger partial charge in [0.25, 0.3) is 10.0 Å². The van der Waals surface area contributed by atoms with E-state index in [1.165, 1.54) is 6.07 Å². The fourth-order valence-corrected chi connectivity index (χ4v) is 6.87. The molecule has 2 aromatic carbocycles. The number of benzene rings is 2. The highest BCUT2D eigenvalue weighted by Gasteiger charge is 2.45. The van der Waals surface area contributed by atoms with Crippen LogP contribution in [0.5, 0.6) is 5.75 Å². The summed E-state index contributed by atoms with van der Waals surface area (Å²) >= 11 is 0. The van der Waals surface area contributed by atoms with Crippen molar-refractivity contribution < 1.29 is 32.2 Å². The molecule has 8 nitrogen and oxygen atoms in total. The number of carbonyl (C=O) groups excluding carboxylic acids is 1. The molecule has 192 valence electrons. The number of rotatable bonds is 9. The zero-order chi connectivity index (χ0) is 25.6. The molecule has 2 unspecified atom stereocenters. The van der Waals surface area contributed by atoms with Crippen LogP contribution < -0.4 is 9.46 Å². The Labute approximate surface area is 209 Å². The molecule has 10 heteroatoms. The molecule has 2 N–H and O–H groups in total. The van der Waals surface area contributed by atoms with E-state index in [2.05, 4.69) is 9.62 Å². The highest BCUT2D eigenvalue weighted by atomic mass is 32.2. The van der Waals surface area contributed by atoms with E-state index in [-0.39, 0.29) is 58.0 Å². The average molecular weight is 517 g/mol. The molecule has 0 amide bonds. The summed E-state index contributed by atoms with van der Waals surface area (Å²) in [4.78, 5) is 26.8. The number of hydrogen-bond donors (Lipinski definition) is 2. The predicted molar refractivity (Wildman–Crippen MR) is 131 cm³/mol. The Morgan fingerprint density at radius 3 is 2.81 bits per heavy atom. The molecule has 3 atom stereocenters. The molecule has 0 bridgehead atoms. The molecular formula is C26H29FN2O6S. The number of nitrogens with zero attached hydrogens (tertiary/aromatic N) is 1. The second-order valence-corrected chi connectivity index (χ2v) is 11.4. The first-order chi connectivity index (χ1) is 17.2. The summed E-state index contributed by atoms with van der Waals surface area (Å²) in [5.74, 6) is -1.09. The summed E-state index contributed by atoms with van der Waals surface area (Å²) in [5, 5.41) is 9.86. The number of sulfonamides is 1. The summed E-state index contributed by atoms with van der Waals surface area (Å²) in [7, 11) is -4.29. The molecule has 36 heavy (non-hydrogen) atoms. The van der Waals surface area contributed by atoms with Gasteiger partial charge in [0, 0.05) is 12.3 Å². The van der Waals surface area contributed by atoms with Gasteiger partial charge in [0.05, 0.1) is 23.2 Å². The van der Waals surface area contributed by atoms with Crippen molar-refractivity contribution in [3.05, 3.63) is 52.8 Å². The molecule has 5 rings (SSSR count). The molecule has 0 radical (unpaired) electrons. The van der Waals surface area contributed by atoms with Gasteiger partial charge < -0.3 is 9.84 Å². The van der Waals surface area contributed by atoms with Crippen LogP contribution in [0, 0.1) is 11.7 Å². The highest BCUT2D eigenvalue weighted by molar-refractivity contribution is 7.92. The van der Waals surface area contributed by atoms with Crippen molar-refractivity contribution in [2.75, 3.05) is 24.4 Å². The third-order valence-electron chi connectivity index (χ3n) is 7.50. The van der Waals surface area contributed by atoms with Crippen LogP contribution >= 0.6 is 0 Å². The van der Waals surface area contributed by atoms with Crippen LogP contribution in [0.2, 0.25) is 0 Å². The zero-order valence-corrected chi connectivity index (χ0v) is 20.8. The van der Waals surface area contributed by atoms with Gasteiger partial charge in [0.15, 0.2) is 0 Å². The lowest BCUT2D eigenvalue weighted by Crippen LogP contribution is -2.36. The van der Waals surface area contributed by atoms with Crippen LogP contribution in [-0.2, 0) is 21.2 Å². The first-order valence-electron chi connectivity index (χ1n) is 12.3. The Morgan fingerprint density at radius 2 is 2.06 bits per heavy atom. The summed E-state index contributed by atoms with van der Waals surface area (Å²) in [6.45, 7) is 4.02. The number of ether oxygens (including phenoxy) is 1. The predicted octanol–water partition coefficient (Wildman–Crippen LogP) is 3.81. The third-order valence-corrected chi connectivity index (χ3v) is 8.97. The maximum absolute atomic E-state index is 14.1. The summed E-state index contributed by atoms with van der Waals surface area (Å²) in [6.07, 6.45) is 2.77. The molecule has 1 aliphatic carbocycles. The van der Waals surface area contributed by atoms with Crippen molar-refractivity contribution in [3.8, 4) is 5.75 Å². The number of aromatic carboxylic acids is 1. The SMILES string of the molecule is CCN1CCC[C@@H]1C(=O)CCc1cc(F)ccc1S(=O)(=O)Nc1ccc2c(c1C(=O)O)OCC1CC21. The van der Waals surface area contributed by atoms with Gasteiger partial charge in [-0.25, -0.2) is 17.6 Å². The fourth-order valence-electron chi connectivity index (χ4n) is 5.55. The number of halogens is 1. The second-order valence-electron chi connectivity index (χ2n) is 9.74. The maximum Gasteiger partial charge on any atom is 0.341 e. The van der Waals surface area contributed by atoms with Crippen LogP contribution in [0.1, 0.15) is 60.0 Å². The van der Waals surface area contributed by atoms with E-state index in [0.717, 1.165) is 56.1 Å². The summed E-state index contributed by atoms with van der Waals surface area (Å²) in [6, 6.07) is 6.26. The smallest absolute Gasteiger partial charge is 0.341 e. The van der Waals surface area contributed by atoms with Gasteiger partial charge in [0.2, 0.25) is 0 Å². The van der Waals surface area contributed by atoms with E-state index in [1.807, 2.05) is 6.92 Å². The van der Waals surface area contributed by atoms with E-state index in [4.69, 9.17) is 4.74 Å². The normalized spacial score (nSPS) is 22.9. The number of carbonyl (C=O) groups is 2. The number of carboxylic acid groups (broad SMARTS) is 1. The van der Waals surface area contributed by atoms with Crippen molar-refractivity contribution in [1.29, 1.82) is 0 Å². The second kappa shape index (κ2) is 9.48. The van der Waals surface area contributed by atoms with Crippen molar-refractivity contribution in [2.45, 2.75) is 55.9 Å². The topological polar surface area (TPSA) is 113 Å². The molecule has 1 saturated heterocycles. The Morgan fingerprint density at radius 1 is 1.25 bits per heavy atom. The quantitative estimate of drug-likeness (QED) is 0.521. The first kappa shape index (κ1) is 24.7. The van der Waals surface area contributed by atoms with E-state index in [9.17, 15) is 27.5 Å². The minimum Gasteiger partial charge on any atom is -0.492 e. The Kier molecular flexibility index (Phi) is 6.50. The Bertz CT molecular complexity index is 1330. The number of nitrogens with one attached hydrogen (secondary N) is 1. The number of hydrogen-bond acceptors (Lipinski definition) is 6. The number of ketones is 1. The first-order valence-corrected chi connectivity index (χ1v) is 13.8. The summed E-state index contributed by atoms with van der Waals surface area (Å²) in [5.41, 5.74) is 0.599. The van der Waals surface area contributed by atoms with Crippen LogP contribution in [0.15, 0.2) is 35.2 Å². The molecule has 2 aliphatic heterocycles. The van der Waals surface area contributed by atoms with Crippen LogP contribution in [0.3, 0.4) is 0 Å². The van der Waals surface area contributed by atoms with Crippen molar-refractivity contribution in [3.63, 3.8) is 0 Å². The van der Waals surface area contributed by atoms with Gasteiger partial charge in [-0.05, 0) is 80.1 Å². The highest BCUT2D eigenvalue weighted by Crippen LogP contribution is 2.55. The average Bonchev–Trinajstić information content (AvgIpc) is 3.48. The molecule has 2 fully saturated rings. The van der Waals surface area contributed by atoms with Gasteiger partial charge >= 0.3 is 5.97 Å². The Balaban J connectivity index is 1.41. The van der Waals surface area contributed by atoms with Gasteiger partial charge in [-0.1, -0.05) is 13.0 Å². The fraction of sp³-hybridized carbons (Fsp3) is 0.462. The van der Waals surface area contributed by atoms with E-state index >= 15 is 0 Å². The zero-order valence-electron chi connectivity index (χ0n) is 20.0. The van der Waals surface area contributed by atoms with Crippen molar-refractivity contribution in [2.24, 2.45) is 5.92 Å². The van der Waals surface area contributed by atoms with Crippen LogP contribution in [0.25, 0.3) is 0 Å². The number of carboxylic acids is 1. The molecule has 2 heterocycles. The molecule has 1 saturated carbocycles. The largest absolute Gasteiger partial charge is 0.492 e. The molecule has 0 aromatic heterocycles. The van der Waals surface area contributed by atoms with Crippen LogP contribution in [-0.4, -0.2) is 55.9 Å². The van der Waals surface area contributed by atoms with Gasteiger partial charge in [-0.15, -0.1) is 0 Å². The minimum absolute atomic E-state index is 0.00768. The number of likely N-dealkylation sites (tertiary alicyclic amines) is 1. The number of anilines is 1. The summed E-state index contributed by atoms with van der Waals surface area (Å²) < 4.78 is 48.9. The third kappa shape index (κ3) is 4.59. The standard InChI is InChI=1S/C26H29FN2O6S/c1-2-29-11-3-4-21(29)22(30)9-5-15-12-17(27)6-10-23(15)36(33,34)28-20-8-7-18-19-13-16(19)14-35-25(18)24(20)26(31)32/h6-8,10,12,16,19,21,28H,2-5,9,11,13-14H2,1H3,(H,31,32)/t16?,19?,21-/m1/s1. The van der Waals surface area contributed by atoms with Crippen molar-refractivity contribution in [1.82, 2.24) is 4.90 Å². The Hall–Kier alpha value is -2.98. The molecular weight excluding hydrogens is 487 g/mol. The lowest BCUT2D eigenvalue weighted by molar-refractivity contribution is -0.123. The lowest BCUT2D eigenvalue weighted by atomic mass is 10.0. The molecule has 3 aliphatic rings. The van der Waals surface area contributed by atoms with E-state index in [1.54, 1.807) is 6.07 Å². The van der Waals surface area contributed by atoms with E-state index < -0.39 is 21.8 Å². The van der Waals surface area contributed by atoms with Gasteiger partial charge in [-0.2, -0.15) is 0 Å². The van der Waals surface area contributed by atoms with Crippen molar-refractivity contribution >= 4 is 27.5 Å². The minimum atomic E-state index is -4.29. The van der Waals surface area contributed by atoms with E-state index in [0.29, 0.717) is 12.5 Å². The lowest BCUT2D eigenvalue weighted by Gasteiger charge is -2.22. The molecule has 2 aromatic rings. The van der Waals surface area contributed by atoms with Gasteiger partial charge in [0.1, 0.15) is 22.9 Å². The number of fused-ring (bicyclic) bond motifs is 3. The van der Waals surface area contributed by atoms with Gasteiger partial charge in [-0.3, -0.25) is 14.4 Å². The van der Waals surface area contributed by atoms with Crippen LogP contribution in [0.4, 0.5) is 10.1 Å². The number of likely N-dealkylation sites (N-methyl/N-ethyl adjacent to an activating group) is 1. The molecule has 0 spiro atoms. The number of aryl methyl sites for hydroxylation is 1. The maximum atomic E-state index is 14.1.